The maximum atomic E-state index is 6.20. The summed E-state index contributed by atoms with van der Waals surface area (Å²) in [6.07, 6.45) is 0. The number of rotatable bonds is 4. The molecule has 0 aliphatic carbocycles. The van der Waals surface area contributed by atoms with E-state index in [9.17, 15) is 0 Å². The van der Waals surface area contributed by atoms with Gasteiger partial charge in [-0.05, 0) is 38.7 Å². The molecule has 1 aromatic heterocycles. The zero-order chi connectivity index (χ0) is 22.3. The van der Waals surface area contributed by atoms with Crippen LogP contribution >= 0.6 is 11.3 Å². The van der Waals surface area contributed by atoms with Gasteiger partial charge in [0.05, 0.1) is 21.8 Å². The number of thiazole rings is 1. The smallest absolute Gasteiger partial charge is 0.399 e. The van der Waals surface area contributed by atoms with Gasteiger partial charge in [0.25, 0.3) is 0 Å². The standard InChI is InChI=1S/C27H26BNO2S/c1-26(2)27(3,4)31-28(30-26)22-17-15-21(16-18-22)25-29-23(19-11-7-5-8-12-19)24(32-25)20-13-9-6-10-14-20/h5-18H,1-4H3. The van der Waals surface area contributed by atoms with E-state index in [1.165, 1.54) is 10.4 Å². The van der Waals surface area contributed by atoms with Crippen LogP contribution < -0.4 is 5.46 Å². The van der Waals surface area contributed by atoms with E-state index >= 15 is 0 Å². The molecule has 0 bridgehead atoms. The molecular formula is C27H26BNO2S. The van der Waals surface area contributed by atoms with Crippen LogP contribution in [-0.4, -0.2) is 23.3 Å². The van der Waals surface area contributed by atoms with Gasteiger partial charge in [0.1, 0.15) is 5.01 Å². The summed E-state index contributed by atoms with van der Waals surface area (Å²) in [6.45, 7) is 8.31. The summed E-state index contributed by atoms with van der Waals surface area (Å²) in [5.74, 6) is 0. The fourth-order valence-corrected chi connectivity index (χ4v) is 4.88. The van der Waals surface area contributed by atoms with Crippen molar-refractivity contribution in [3.8, 4) is 32.3 Å². The molecule has 0 saturated carbocycles. The lowest BCUT2D eigenvalue weighted by molar-refractivity contribution is 0.00578. The molecule has 0 N–H and O–H groups in total. The molecule has 4 aromatic rings. The maximum absolute atomic E-state index is 6.20. The fraction of sp³-hybridized carbons (Fsp3) is 0.222. The average Bonchev–Trinajstić information content (AvgIpc) is 3.34. The van der Waals surface area contributed by atoms with Crippen LogP contribution in [0.15, 0.2) is 84.9 Å². The van der Waals surface area contributed by atoms with E-state index < -0.39 is 0 Å². The van der Waals surface area contributed by atoms with Gasteiger partial charge in [0, 0.05) is 11.1 Å². The molecule has 3 aromatic carbocycles. The quantitative estimate of drug-likeness (QED) is 0.343. The van der Waals surface area contributed by atoms with E-state index in [0.29, 0.717) is 0 Å². The second-order valence-electron chi connectivity index (χ2n) is 9.14. The Labute approximate surface area is 194 Å². The van der Waals surface area contributed by atoms with E-state index in [1.54, 1.807) is 11.3 Å². The molecule has 160 valence electrons. The van der Waals surface area contributed by atoms with Gasteiger partial charge >= 0.3 is 7.12 Å². The Bertz CT molecular complexity index is 1140. The second kappa shape index (κ2) is 8.00. The van der Waals surface area contributed by atoms with Crippen LogP contribution in [0.1, 0.15) is 27.7 Å². The first kappa shape index (κ1) is 21.1. The van der Waals surface area contributed by atoms with Crippen LogP contribution in [-0.2, 0) is 9.31 Å². The van der Waals surface area contributed by atoms with Crippen LogP contribution in [0, 0.1) is 0 Å². The summed E-state index contributed by atoms with van der Waals surface area (Å²) in [6, 6.07) is 29.3. The van der Waals surface area contributed by atoms with E-state index in [1.807, 2.05) is 12.1 Å². The van der Waals surface area contributed by atoms with Gasteiger partial charge in [-0.3, -0.25) is 0 Å². The molecule has 2 heterocycles. The first-order valence-corrected chi connectivity index (χ1v) is 11.7. The largest absolute Gasteiger partial charge is 0.494 e. The summed E-state index contributed by atoms with van der Waals surface area (Å²) in [7, 11) is -0.356. The highest BCUT2D eigenvalue weighted by Gasteiger charge is 2.51. The van der Waals surface area contributed by atoms with Crippen molar-refractivity contribution in [2.24, 2.45) is 0 Å². The van der Waals surface area contributed by atoms with Crippen molar-refractivity contribution in [1.82, 2.24) is 4.98 Å². The average molecular weight is 439 g/mol. The van der Waals surface area contributed by atoms with Gasteiger partial charge in [-0.15, -0.1) is 11.3 Å². The number of benzene rings is 3. The summed E-state index contributed by atoms with van der Waals surface area (Å²) in [5.41, 5.74) is 4.75. The van der Waals surface area contributed by atoms with E-state index in [-0.39, 0.29) is 18.3 Å². The number of nitrogens with zero attached hydrogens (tertiary/aromatic N) is 1. The predicted molar refractivity (Wildman–Crippen MR) is 134 cm³/mol. The van der Waals surface area contributed by atoms with Crippen molar-refractivity contribution in [3.05, 3.63) is 84.9 Å². The van der Waals surface area contributed by atoms with Gasteiger partial charge in [-0.2, -0.15) is 0 Å². The highest BCUT2D eigenvalue weighted by atomic mass is 32.1. The monoisotopic (exact) mass is 439 g/mol. The van der Waals surface area contributed by atoms with Crippen molar-refractivity contribution < 1.29 is 9.31 Å². The van der Waals surface area contributed by atoms with Crippen molar-refractivity contribution >= 4 is 23.9 Å². The molecule has 0 atom stereocenters. The van der Waals surface area contributed by atoms with E-state index in [2.05, 4.69) is 100 Å². The van der Waals surface area contributed by atoms with Gasteiger partial charge in [-0.25, -0.2) is 4.98 Å². The first-order chi connectivity index (χ1) is 15.3. The third kappa shape index (κ3) is 3.81. The normalized spacial score (nSPS) is 16.9. The molecule has 0 spiro atoms. The second-order valence-corrected chi connectivity index (χ2v) is 10.1. The third-order valence-corrected chi connectivity index (χ3v) is 7.55. The minimum Gasteiger partial charge on any atom is -0.399 e. The molecule has 1 aliphatic heterocycles. The molecule has 1 fully saturated rings. The van der Waals surface area contributed by atoms with Crippen LogP contribution in [0.4, 0.5) is 0 Å². The van der Waals surface area contributed by atoms with Crippen LogP contribution in [0.5, 0.6) is 0 Å². The number of aromatic nitrogens is 1. The van der Waals surface area contributed by atoms with Gasteiger partial charge < -0.3 is 9.31 Å². The summed E-state index contributed by atoms with van der Waals surface area (Å²) in [5, 5.41) is 1.00. The molecule has 0 radical (unpaired) electrons. The Kier molecular flexibility index (Phi) is 5.28. The van der Waals surface area contributed by atoms with Crippen LogP contribution in [0.2, 0.25) is 0 Å². The lowest BCUT2D eigenvalue weighted by Gasteiger charge is -2.32. The van der Waals surface area contributed by atoms with E-state index in [4.69, 9.17) is 14.3 Å². The first-order valence-electron chi connectivity index (χ1n) is 10.9. The van der Waals surface area contributed by atoms with Crippen molar-refractivity contribution in [2.45, 2.75) is 38.9 Å². The van der Waals surface area contributed by atoms with Crippen molar-refractivity contribution in [2.75, 3.05) is 0 Å². The Hall–Kier alpha value is -2.73. The lowest BCUT2D eigenvalue weighted by Crippen LogP contribution is -2.41. The Morgan fingerprint density at radius 1 is 0.656 bits per heavy atom. The van der Waals surface area contributed by atoms with Crippen LogP contribution in [0.25, 0.3) is 32.3 Å². The molecule has 1 aliphatic rings. The number of hydrogen-bond donors (Lipinski definition) is 0. The van der Waals surface area contributed by atoms with Crippen LogP contribution in [0.3, 0.4) is 0 Å². The minimum absolute atomic E-state index is 0.346. The molecule has 32 heavy (non-hydrogen) atoms. The van der Waals surface area contributed by atoms with Crippen molar-refractivity contribution in [3.63, 3.8) is 0 Å². The lowest BCUT2D eigenvalue weighted by atomic mass is 9.79. The SMILES string of the molecule is CC1(C)OB(c2ccc(-c3nc(-c4ccccc4)c(-c4ccccc4)s3)cc2)OC1(C)C. The van der Waals surface area contributed by atoms with Gasteiger partial charge in [-0.1, -0.05) is 84.9 Å². The van der Waals surface area contributed by atoms with E-state index in [0.717, 1.165) is 27.3 Å². The summed E-state index contributed by atoms with van der Waals surface area (Å²) >= 11 is 1.72. The molecular weight excluding hydrogens is 413 g/mol. The summed E-state index contributed by atoms with van der Waals surface area (Å²) < 4.78 is 12.4. The van der Waals surface area contributed by atoms with Gasteiger partial charge in [0.15, 0.2) is 0 Å². The zero-order valence-electron chi connectivity index (χ0n) is 18.8. The minimum atomic E-state index is -0.356. The molecule has 3 nitrogen and oxygen atoms in total. The number of hydrogen-bond acceptors (Lipinski definition) is 4. The topological polar surface area (TPSA) is 31.4 Å². The fourth-order valence-electron chi connectivity index (χ4n) is 3.78. The predicted octanol–water partition coefficient (Wildman–Crippen LogP) is 6.44. The highest BCUT2D eigenvalue weighted by Crippen LogP contribution is 2.41. The highest BCUT2D eigenvalue weighted by molar-refractivity contribution is 7.19. The van der Waals surface area contributed by atoms with Crippen molar-refractivity contribution in [1.29, 1.82) is 0 Å². The molecule has 1 saturated heterocycles. The molecule has 0 amide bonds. The molecule has 0 unspecified atom stereocenters. The Morgan fingerprint density at radius 3 is 1.75 bits per heavy atom. The molecule has 5 rings (SSSR count). The summed E-state index contributed by atoms with van der Waals surface area (Å²) in [4.78, 5) is 6.24. The molecule has 5 heteroatoms. The zero-order valence-corrected chi connectivity index (χ0v) is 19.6. The Balaban J connectivity index is 1.50. The third-order valence-electron chi connectivity index (χ3n) is 6.39. The van der Waals surface area contributed by atoms with Gasteiger partial charge in [0.2, 0.25) is 0 Å². The maximum Gasteiger partial charge on any atom is 0.494 e. The Morgan fingerprint density at radius 2 is 1.19 bits per heavy atom.